The molecular weight excluding hydrogens is 477 g/mol. The van der Waals surface area contributed by atoms with Gasteiger partial charge in [0.15, 0.2) is 11.6 Å². The van der Waals surface area contributed by atoms with Crippen LogP contribution in [0.5, 0.6) is 17.2 Å². The van der Waals surface area contributed by atoms with Crippen LogP contribution in [0.15, 0.2) is 42.6 Å². The maximum absolute atomic E-state index is 15.2. The van der Waals surface area contributed by atoms with Crippen LogP contribution >= 0.6 is 0 Å². The second-order valence-electron chi connectivity index (χ2n) is 9.57. The molecule has 1 saturated heterocycles. The van der Waals surface area contributed by atoms with E-state index in [1.165, 1.54) is 0 Å². The summed E-state index contributed by atoms with van der Waals surface area (Å²) in [6, 6.07) is 10.8. The number of fused-ring (bicyclic) bond motifs is 4. The topological polar surface area (TPSA) is 78.1 Å². The van der Waals surface area contributed by atoms with Crippen molar-refractivity contribution >= 4 is 21.8 Å². The zero-order valence-electron chi connectivity index (χ0n) is 21.1. The number of nitrogens with zero attached hydrogens (tertiary/aromatic N) is 2. The van der Waals surface area contributed by atoms with Gasteiger partial charge in [0.1, 0.15) is 11.5 Å². The molecule has 9 heteroatoms. The Morgan fingerprint density at radius 3 is 2.68 bits per heavy atom. The monoisotopic (exact) mass is 507 g/mol. The normalized spacial score (nSPS) is 21.6. The molecular formula is C28H30FN3O5. The maximum Gasteiger partial charge on any atom is 0.204 e. The molecule has 8 nitrogen and oxygen atoms in total. The van der Waals surface area contributed by atoms with Crippen molar-refractivity contribution in [3.63, 3.8) is 0 Å². The van der Waals surface area contributed by atoms with Crippen molar-refractivity contribution in [2.75, 3.05) is 40.5 Å². The number of rotatable bonds is 8. The van der Waals surface area contributed by atoms with Gasteiger partial charge in [-0.3, -0.25) is 9.88 Å². The highest BCUT2D eigenvalue weighted by Crippen LogP contribution is 2.41. The molecule has 2 aliphatic heterocycles. The third kappa shape index (κ3) is 4.53. The van der Waals surface area contributed by atoms with Gasteiger partial charge in [0.25, 0.3) is 0 Å². The number of methoxy groups -OCH3 is 2. The van der Waals surface area contributed by atoms with E-state index in [0.717, 1.165) is 53.1 Å². The highest BCUT2D eigenvalue weighted by molar-refractivity contribution is 5.91. The van der Waals surface area contributed by atoms with Crippen molar-refractivity contribution in [2.24, 2.45) is 0 Å². The molecule has 0 saturated carbocycles. The van der Waals surface area contributed by atoms with Gasteiger partial charge in [0, 0.05) is 68.6 Å². The fourth-order valence-corrected chi connectivity index (χ4v) is 5.36. The summed E-state index contributed by atoms with van der Waals surface area (Å²) in [7, 11) is 3.43. The van der Waals surface area contributed by atoms with E-state index in [9.17, 15) is 0 Å². The molecule has 1 fully saturated rings. The van der Waals surface area contributed by atoms with Gasteiger partial charge in [-0.25, -0.2) is 4.39 Å². The predicted molar refractivity (Wildman–Crippen MR) is 137 cm³/mol. The number of likely N-dealkylation sites (tertiary alicyclic amines) is 1. The molecule has 1 N–H and O–H groups in total. The van der Waals surface area contributed by atoms with Crippen LogP contribution in [0, 0.1) is 12.7 Å². The lowest BCUT2D eigenvalue weighted by molar-refractivity contribution is -0.0703. The molecule has 2 aliphatic rings. The first-order chi connectivity index (χ1) is 18.0. The largest absolute Gasteiger partial charge is 0.464 e. The molecule has 3 atom stereocenters. The number of halogens is 1. The smallest absolute Gasteiger partial charge is 0.204 e. The molecule has 0 radical (unpaired) electrons. The Hall–Kier alpha value is -3.24. The standard InChI is InChI=1S/C28H30FN3O5/c1-16-12-17-19(31-16)4-7-23(28(17)29)36-22-8-9-30-20-5-6-21-18(27(20)22)13-26(37-21)35-11-10-32-14-24(33-2)25(15-32)34-3/h4-9,12,24-26,31H,10-11,13-15H2,1-3H3/t24-,25+,26?. The van der Waals surface area contributed by atoms with E-state index in [1.54, 1.807) is 38.6 Å². The molecule has 0 bridgehead atoms. The summed E-state index contributed by atoms with van der Waals surface area (Å²) in [4.78, 5) is 9.92. The van der Waals surface area contributed by atoms with Crippen LogP contribution in [0.25, 0.3) is 21.8 Å². The molecule has 4 aromatic rings. The first-order valence-electron chi connectivity index (χ1n) is 12.5. The Morgan fingerprint density at radius 1 is 1.08 bits per heavy atom. The van der Waals surface area contributed by atoms with Gasteiger partial charge in [-0.2, -0.15) is 0 Å². The summed E-state index contributed by atoms with van der Waals surface area (Å²) in [5.74, 6) is 1.03. The van der Waals surface area contributed by atoms with Crippen molar-refractivity contribution in [1.82, 2.24) is 14.9 Å². The lowest BCUT2D eigenvalue weighted by atomic mass is 10.0. The third-order valence-electron chi connectivity index (χ3n) is 7.23. The first-order valence-corrected chi connectivity index (χ1v) is 12.5. The second kappa shape index (κ2) is 9.90. The van der Waals surface area contributed by atoms with Crippen molar-refractivity contribution in [3.8, 4) is 17.2 Å². The van der Waals surface area contributed by atoms with Gasteiger partial charge >= 0.3 is 0 Å². The summed E-state index contributed by atoms with van der Waals surface area (Å²) >= 11 is 0. The van der Waals surface area contributed by atoms with Crippen molar-refractivity contribution in [1.29, 1.82) is 0 Å². The Balaban J connectivity index is 1.18. The average molecular weight is 508 g/mol. The van der Waals surface area contributed by atoms with Gasteiger partial charge < -0.3 is 28.7 Å². The molecule has 2 aromatic heterocycles. The predicted octanol–water partition coefficient (Wildman–Crippen LogP) is 4.58. The number of aromatic amines is 1. The lowest BCUT2D eigenvalue weighted by Crippen LogP contribution is -2.29. The molecule has 0 spiro atoms. The van der Waals surface area contributed by atoms with Crippen LogP contribution in [-0.4, -0.2) is 73.8 Å². The van der Waals surface area contributed by atoms with Crippen LogP contribution in [-0.2, 0) is 20.6 Å². The Labute approximate surface area is 214 Å². The van der Waals surface area contributed by atoms with Gasteiger partial charge in [0.05, 0.1) is 29.7 Å². The summed E-state index contributed by atoms with van der Waals surface area (Å²) in [5.41, 5.74) is 3.33. The van der Waals surface area contributed by atoms with Crippen LogP contribution in [0.2, 0.25) is 0 Å². The van der Waals surface area contributed by atoms with Crippen molar-refractivity contribution in [3.05, 3.63) is 59.7 Å². The highest BCUT2D eigenvalue weighted by atomic mass is 19.1. The van der Waals surface area contributed by atoms with E-state index in [2.05, 4.69) is 14.9 Å². The van der Waals surface area contributed by atoms with E-state index >= 15 is 4.39 Å². The van der Waals surface area contributed by atoms with E-state index in [-0.39, 0.29) is 18.0 Å². The zero-order chi connectivity index (χ0) is 25.5. The number of hydrogen-bond donors (Lipinski definition) is 1. The van der Waals surface area contributed by atoms with E-state index in [0.29, 0.717) is 24.2 Å². The van der Waals surface area contributed by atoms with Crippen molar-refractivity contribution < 1.29 is 28.1 Å². The number of benzene rings is 2. The van der Waals surface area contributed by atoms with Gasteiger partial charge in [-0.05, 0) is 43.3 Å². The Bertz CT molecular complexity index is 1430. The fraction of sp³-hybridized carbons (Fsp3) is 0.393. The van der Waals surface area contributed by atoms with Gasteiger partial charge in [-0.15, -0.1) is 0 Å². The molecule has 0 amide bonds. The Kier molecular flexibility index (Phi) is 6.46. The summed E-state index contributed by atoms with van der Waals surface area (Å²) in [6.07, 6.45) is 1.95. The quantitative estimate of drug-likeness (QED) is 0.374. The van der Waals surface area contributed by atoms with E-state index in [1.807, 2.05) is 25.1 Å². The molecule has 194 valence electrons. The molecule has 1 unspecified atom stereocenters. The van der Waals surface area contributed by atoms with Gasteiger partial charge in [-0.1, -0.05) is 0 Å². The molecule has 6 rings (SSSR count). The van der Waals surface area contributed by atoms with Crippen LogP contribution in [0.4, 0.5) is 4.39 Å². The van der Waals surface area contributed by atoms with Gasteiger partial charge in [0.2, 0.25) is 6.29 Å². The maximum atomic E-state index is 15.2. The number of aryl methyl sites for hydroxylation is 1. The number of nitrogens with one attached hydrogen (secondary N) is 1. The minimum absolute atomic E-state index is 0.0705. The molecule has 2 aromatic carbocycles. The summed E-state index contributed by atoms with van der Waals surface area (Å²) in [5, 5.41) is 1.31. The lowest BCUT2D eigenvalue weighted by Gasteiger charge is -2.17. The number of pyridine rings is 1. The van der Waals surface area contributed by atoms with Crippen LogP contribution < -0.4 is 9.47 Å². The SMILES string of the molecule is CO[C@H]1CN(CCOC2Cc3c(ccc4nccc(Oc5ccc6[nH]c(C)cc6c5F)c34)O2)C[C@H]1OC. The van der Waals surface area contributed by atoms with E-state index < -0.39 is 12.1 Å². The molecule has 37 heavy (non-hydrogen) atoms. The fourth-order valence-electron chi connectivity index (χ4n) is 5.36. The minimum atomic E-state index is -0.413. The second-order valence-corrected chi connectivity index (χ2v) is 9.57. The third-order valence-corrected chi connectivity index (χ3v) is 7.23. The number of H-pyrrole nitrogens is 1. The number of ether oxygens (including phenoxy) is 5. The Morgan fingerprint density at radius 2 is 1.89 bits per heavy atom. The number of aromatic nitrogens is 2. The average Bonchev–Trinajstić information content (AvgIpc) is 3.61. The minimum Gasteiger partial charge on any atom is -0.464 e. The highest BCUT2D eigenvalue weighted by Gasteiger charge is 2.33. The summed E-state index contributed by atoms with van der Waals surface area (Å²) < 4.78 is 44.6. The van der Waals surface area contributed by atoms with Crippen LogP contribution in [0.1, 0.15) is 11.3 Å². The molecule has 4 heterocycles. The van der Waals surface area contributed by atoms with Crippen molar-refractivity contribution in [2.45, 2.75) is 31.8 Å². The first kappa shape index (κ1) is 24.1. The molecule has 0 aliphatic carbocycles. The summed E-state index contributed by atoms with van der Waals surface area (Å²) in [6.45, 7) is 4.80. The van der Waals surface area contributed by atoms with E-state index in [4.69, 9.17) is 23.7 Å². The number of hydrogen-bond acceptors (Lipinski definition) is 7. The zero-order valence-corrected chi connectivity index (χ0v) is 21.1. The van der Waals surface area contributed by atoms with Crippen LogP contribution in [0.3, 0.4) is 0 Å².